The van der Waals surface area contributed by atoms with Gasteiger partial charge in [0, 0.05) is 19.1 Å². The van der Waals surface area contributed by atoms with Crippen LogP contribution >= 0.6 is 0 Å². The molecule has 0 saturated carbocycles. The molecule has 0 aliphatic carbocycles. The third-order valence-electron chi connectivity index (χ3n) is 3.55. The van der Waals surface area contributed by atoms with Crippen molar-refractivity contribution in [2.45, 2.75) is 44.0 Å². The zero-order valence-electron chi connectivity index (χ0n) is 12.0. The summed E-state index contributed by atoms with van der Waals surface area (Å²) < 4.78 is 26.5. The number of aryl methyl sites for hydroxylation is 1. The topological polar surface area (TPSA) is 63.4 Å². The summed E-state index contributed by atoms with van der Waals surface area (Å²) in [5, 5.41) is 0. The number of hydrogen-bond donors (Lipinski definition) is 1. The highest BCUT2D eigenvalue weighted by atomic mass is 32.2. The zero-order valence-corrected chi connectivity index (χ0v) is 12.8. The van der Waals surface area contributed by atoms with Crippen LogP contribution in [0.1, 0.15) is 31.9 Å². The van der Waals surface area contributed by atoms with Gasteiger partial charge in [0.15, 0.2) is 0 Å². The summed E-state index contributed by atoms with van der Waals surface area (Å²) in [5.41, 5.74) is 7.42. The van der Waals surface area contributed by atoms with Crippen LogP contribution in [0.5, 0.6) is 0 Å². The van der Waals surface area contributed by atoms with Gasteiger partial charge in [0.25, 0.3) is 0 Å². The van der Waals surface area contributed by atoms with Gasteiger partial charge in [-0.05, 0) is 29.5 Å². The van der Waals surface area contributed by atoms with Gasteiger partial charge in [-0.1, -0.05) is 32.9 Å². The number of rotatable bonds is 2. The molecule has 0 radical (unpaired) electrons. The molecule has 0 amide bonds. The molecule has 0 atom stereocenters. The van der Waals surface area contributed by atoms with Crippen LogP contribution in [0.4, 0.5) is 0 Å². The molecule has 0 unspecified atom stereocenters. The van der Waals surface area contributed by atoms with Crippen molar-refractivity contribution in [1.82, 2.24) is 4.31 Å². The van der Waals surface area contributed by atoms with Gasteiger partial charge in [-0.2, -0.15) is 4.31 Å². The predicted octanol–water partition coefficient (Wildman–Crippen LogP) is 1.62. The fourth-order valence-electron chi connectivity index (χ4n) is 2.15. The molecule has 19 heavy (non-hydrogen) atoms. The van der Waals surface area contributed by atoms with Crippen molar-refractivity contribution in [3.63, 3.8) is 0 Å². The summed E-state index contributed by atoms with van der Waals surface area (Å²) in [5.74, 6) is 0. The lowest BCUT2D eigenvalue weighted by atomic mass is 9.87. The lowest BCUT2D eigenvalue weighted by Gasteiger charge is -2.36. The fraction of sp³-hybridized carbons (Fsp3) is 0.571. The largest absolute Gasteiger partial charge is 0.325 e. The van der Waals surface area contributed by atoms with E-state index in [0.717, 1.165) is 11.1 Å². The Morgan fingerprint density at radius 1 is 1.26 bits per heavy atom. The van der Waals surface area contributed by atoms with Gasteiger partial charge in [0.2, 0.25) is 10.0 Å². The van der Waals surface area contributed by atoms with Crippen molar-refractivity contribution in [3.8, 4) is 0 Å². The SMILES string of the molecule is Cc1ccc(C(C)(C)C)cc1S(=O)(=O)N1CC(N)C1. The van der Waals surface area contributed by atoms with E-state index < -0.39 is 10.0 Å². The highest BCUT2D eigenvalue weighted by molar-refractivity contribution is 7.89. The molecular formula is C14H22N2O2S. The third-order valence-corrected chi connectivity index (χ3v) is 5.52. The maximum absolute atomic E-state index is 12.5. The van der Waals surface area contributed by atoms with Crippen LogP contribution in [-0.4, -0.2) is 31.9 Å². The molecule has 106 valence electrons. The Labute approximate surface area is 115 Å². The summed E-state index contributed by atoms with van der Waals surface area (Å²) >= 11 is 0. The molecular weight excluding hydrogens is 260 g/mol. The van der Waals surface area contributed by atoms with Crippen LogP contribution in [0, 0.1) is 6.92 Å². The van der Waals surface area contributed by atoms with E-state index >= 15 is 0 Å². The monoisotopic (exact) mass is 282 g/mol. The Morgan fingerprint density at radius 2 is 1.84 bits per heavy atom. The molecule has 0 aromatic heterocycles. The summed E-state index contributed by atoms with van der Waals surface area (Å²) in [6.45, 7) is 8.90. The smallest absolute Gasteiger partial charge is 0.243 e. The molecule has 1 heterocycles. The molecule has 1 aliphatic heterocycles. The van der Waals surface area contributed by atoms with Crippen molar-refractivity contribution in [2.75, 3.05) is 13.1 Å². The number of benzene rings is 1. The average molecular weight is 282 g/mol. The standard InChI is InChI=1S/C14H22N2O2S/c1-10-5-6-11(14(2,3)4)7-13(10)19(17,18)16-8-12(15)9-16/h5-7,12H,8-9,15H2,1-4H3. The van der Waals surface area contributed by atoms with Gasteiger partial charge in [-0.15, -0.1) is 0 Å². The second kappa shape index (κ2) is 4.58. The minimum atomic E-state index is -3.40. The Morgan fingerprint density at radius 3 is 2.32 bits per heavy atom. The van der Waals surface area contributed by atoms with Crippen molar-refractivity contribution in [2.24, 2.45) is 5.73 Å². The normalized spacial score (nSPS) is 18.4. The molecule has 0 spiro atoms. The zero-order chi connectivity index (χ0) is 14.4. The van der Waals surface area contributed by atoms with Crippen molar-refractivity contribution < 1.29 is 8.42 Å². The Bertz CT molecular complexity index is 582. The van der Waals surface area contributed by atoms with E-state index in [4.69, 9.17) is 5.73 Å². The first-order valence-electron chi connectivity index (χ1n) is 6.49. The number of sulfonamides is 1. The minimum absolute atomic E-state index is 0.0270. The molecule has 1 aliphatic rings. The van der Waals surface area contributed by atoms with Crippen LogP contribution in [0.15, 0.2) is 23.1 Å². The van der Waals surface area contributed by atoms with Crippen LogP contribution in [0.25, 0.3) is 0 Å². The summed E-state index contributed by atoms with van der Waals surface area (Å²) in [6, 6.07) is 5.65. The van der Waals surface area contributed by atoms with Crippen molar-refractivity contribution in [1.29, 1.82) is 0 Å². The molecule has 4 nitrogen and oxygen atoms in total. The quantitative estimate of drug-likeness (QED) is 0.896. The molecule has 2 rings (SSSR count). The molecule has 2 N–H and O–H groups in total. The van der Waals surface area contributed by atoms with E-state index in [-0.39, 0.29) is 11.5 Å². The molecule has 5 heteroatoms. The van der Waals surface area contributed by atoms with Crippen LogP contribution in [0.3, 0.4) is 0 Å². The second-order valence-corrected chi connectivity index (χ2v) is 8.22. The van der Waals surface area contributed by atoms with E-state index in [9.17, 15) is 8.42 Å². The highest BCUT2D eigenvalue weighted by Gasteiger charge is 2.35. The van der Waals surface area contributed by atoms with Gasteiger partial charge in [0.05, 0.1) is 4.90 Å². The molecule has 0 bridgehead atoms. The fourth-order valence-corrected chi connectivity index (χ4v) is 3.95. The van der Waals surface area contributed by atoms with E-state index in [1.54, 1.807) is 6.07 Å². The van der Waals surface area contributed by atoms with E-state index in [2.05, 4.69) is 20.8 Å². The van der Waals surface area contributed by atoms with Crippen LogP contribution in [-0.2, 0) is 15.4 Å². The van der Waals surface area contributed by atoms with Gasteiger partial charge in [0.1, 0.15) is 0 Å². The maximum Gasteiger partial charge on any atom is 0.243 e. The van der Waals surface area contributed by atoms with Gasteiger partial charge < -0.3 is 5.73 Å². The minimum Gasteiger partial charge on any atom is -0.325 e. The second-order valence-electron chi connectivity index (χ2n) is 6.31. The van der Waals surface area contributed by atoms with E-state index in [0.29, 0.717) is 18.0 Å². The number of nitrogens with two attached hydrogens (primary N) is 1. The van der Waals surface area contributed by atoms with Crippen molar-refractivity contribution in [3.05, 3.63) is 29.3 Å². The van der Waals surface area contributed by atoms with Crippen LogP contribution < -0.4 is 5.73 Å². The van der Waals surface area contributed by atoms with Gasteiger partial charge in [-0.3, -0.25) is 0 Å². The maximum atomic E-state index is 12.5. The lowest BCUT2D eigenvalue weighted by Crippen LogP contribution is -2.57. The van der Waals surface area contributed by atoms with Gasteiger partial charge in [-0.25, -0.2) is 8.42 Å². The highest BCUT2D eigenvalue weighted by Crippen LogP contribution is 2.29. The van der Waals surface area contributed by atoms with Crippen LogP contribution in [0.2, 0.25) is 0 Å². The summed E-state index contributed by atoms with van der Waals surface area (Å²) in [4.78, 5) is 0.409. The van der Waals surface area contributed by atoms with E-state index in [1.165, 1.54) is 4.31 Å². The first-order chi connectivity index (χ1) is 8.62. The predicted molar refractivity (Wildman–Crippen MR) is 76.6 cm³/mol. The first kappa shape index (κ1) is 14.5. The molecule has 1 aromatic rings. The molecule has 1 fully saturated rings. The first-order valence-corrected chi connectivity index (χ1v) is 7.93. The number of nitrogens with zero attached hydrogens (tertiary/aromatic N) is 1. The lowest BCUT2D eigenvalue weighted by molar-refractivity contribution is 0.265. The summed E-state index contributed by atoms with van der Waals surface area (Å²) in [7, 11) is -3.40. The van der Waals surface area contributed by atoms with Gasteiger partial charge >= 0.3 is 0 Å². The Balaban J connectivity index is 2.44. The third kappa shape index (κ3) is 2.68. The summed E-state index contributed by atoms with van der Waals surface area (Å²) in [6.07, 6.45) is 0. The Kier molecular flexibility index (Phi) is 3.49. The average Bonchev–Trinajstić information content (AvgIpc) is 2.23. The Hall–Kier alpha value is -0.910. The number of hydrogen-bond acceptors (Lipinski definition) is 3. The van der Waals surface area contributed by atoms with Crippen molar-refractivity contribution >= 4 is 10.0 Å². The van der Waals surface area contributed by atoms with E-state index in [1.807, 2.05) is 19.1 Å². The molecule has 1 saturated heterocycles. The molecule has 1 aromatic carbocycles.